The summed E-state index contributed by atoms with van der Waals surface area (Å²) in [7, 11) is 0. The SMILES string of the molecule is CC(C)(Br)CCS. The zero-order valence-electron chi connectivity index (χ0n) is 4.74. The fourth-order valence-corrected chi connectivity index (χ4v) is 1.33. The van der Waals surface area contributed by atoms with Gasteiger partial charge in [-0.2, -0.15) is 12.6 Å². The molecular formula is C5H11BrS. The topological polar surface area (TPSA) is 0 Å². The lowest BCUT2D eigenvalue weighted by Crippen LogP contribution is -2.08. The summed E-state index contributed by atoms with van der Waals surface area (Å²) < 4.78 is 0.286. The Hall–Kier alpha value is 0.830. The lowest BCUT2D eigenvalue weighted by Gasteiger charge is -2.12. The second-order valence-electron chi connectivity index (χ2n) is 2.19. The van der Waals surface area contributed by atoms with E-state index >= 15 is 0 Å². The highest BCUT2D eigenvalue weighted by Gasteiger charge is 2.09. The minimum atomic E-state index is 0.286. The van der Waals surface area contributed by atoms with E-state index in [-0.39, 0.29) is 4.32 Å². The highest BCUT2D eigenvalue weighted by atomic mass is 79.9. The Morgan fingerprint density at radius 3 is 2.00 bits per heavy atom. The van der Waals surface area contributed by atoms with Gasteiger partial charge in [0.15, 0.2) is 0 Å². The minimum absolute atomic E-state index is 0.286. The van der Waals surface area contributed by atoms with Gasteiger partial charge in [-0.3, -0.25) is 0 Å². The molecule has 0 aromatic carbocycles. The fraction of sp³-hybridized carbons (Fsp3) is 1.00. The lowest BCUT2D eigenvalue weighted by atomic mass is 10.2. The Bertz CT molecular complexity index is 46.5. The quantitative estimate of drug-likeness (QED) is 0.493. The van der Waals surface area contributed by atoms with Gasteiger partial charge in [0.1, 0.15) is 0 Å². The van der Waals surface area contributed by atoms with Gasteiger partial charge in [-0.15, -0.1) is 0 Å². The van der Waals surface area contributed by atoms with E-state index in [1.807, 2.05) is 0 Å². The molecule has 2 heteroatoms. The first-order valence-electron chi connectivity index (χ1n) is 2.36. The van der Waals surface area contributed by atoms with Crippen molar-refractivity contribution in [3.63, 3.8) is 0 Å². The highest BCUT2D eigenvalue weighted by Crippen LogP contribution is 2.19. The van der Waals surface area contributed by atoms with Crippen molar-refractivity contribution in [2.75, 3.05) is 5.75 Å². The highest BCUT2D eigenvalue weighted by molar-refractivity contribution is 9.10. The van der Waals surface area contributed by atoms with Crippen molar-refractivity contribution in [3.8, 4) is 0 Å². The van der Waals surface area contributed by atoms with Crippen molar-refractivity contribution in [3.05, 3.63) is 0 Å². The van der Waals surface area contributed by atoms with Crippen LogP contribution < -0.4 is 0 Å². The summed E-state index contributed by atoms with van der Waals surface area (Å²) in [6.45, 7) is 4.28. The number of halogens is 1. The molecule has 0 unspecified atom stereocenters. The summed E-state index contributed by atoms with van der Waals surface area (Å²) in [6, 6.07) is 0. The maximum Gasteiger partial charge on any atom is 0.0209 e. The third-order valence-corrected chi connectivity index (χ3v) is 1.33. The van der Waals surface area contributed by atoms with Gasteiger partial charge < -0.3 is 0 Å². The molecule has 0 rings (SSSR count). The van der Waals surface area contributed by atoms with Gasteiger partial charge in [0, 0.05) is 4.32 Å². The number of thiol groups is 1. The molecule has 0 aromatic rings. The Balaban J connectivity index is 3.15. The smallest absolute Gasteiger partial charge is 0.0209 e. The van der Waals surface area contributed by atoms with Crippen LogP contribution >= 0.6 is 28.6 Å². The van der Waals surface area contributed by atoms with E-state index in [1.54, 1.807) is 0 Å². The van der Waals surface area contributed by atoms with Crippen molar-refractivity contribution in [1.82, 2.24) is 0 Å². The first kappa shape index (κ1) is 7.83. The molecule has 0 spiro atoms. The van der Waals surface area contributed by atoms with Gasteiger partial charge in [-0.25, -0.2) is 0 Å². The Kier molecular flexibility index (Phi) is 3.33. The van der Waals surface area contributed by atoms with Crippen LogP contribution in [0.2, 0.25) is 0 Å². The molecule has 0 aliphatic heterocycles. The molecule has 0 bridgehead atoms. The lowest BCUT2D eigenvalue weighted by molar-refractivity contribution is 0.709. The van der Waals surface area contributed by atoms with Gasteiger partial charge in [0.2, 0.25) is 0 Å². The summed E-state index contributed by atoms with van der Waals surface area (Å²) in [6.07, 6.45) is 1.12. The van der Waals surface area contributed by atoms with Gasteiger partial charge in [-0.1, -0.05) is 29.8 Å². The third kappa shape index (κ3) is 6.83. The monoisotopic (exact) mass is 182 g/mol. The number of alkyl halides is 1. The van der Waals surface area contributed by atoms with Crippen LogP contribution in [0.4, 0.5) is 0 Å². The summed E-state index contributed by atoms with van der Waals surface area (Å²) in [5.74, 6) is 0.957. The maximum atomic E-state index is 4.08. The number of rotatable bonds is 2. The molecule has 0 aliphatic rings. The van der Waals surface area contributed by atoms with E-state index in [0.29, 0.717) is 0 Å². The zero-order valence-corrected chi connectivity index (χ0v) is 7.22. The number of hydrogen-bond acceptors (Lipinski definition) is 1. The van der Waals surface area contributed by atoms with Crippen molar-refractivity contribution < 1.29 is 0 Å². The first-order valence-corrected chi connectivity index (χ1v) is 3.78. The van der Waals surface area contributed by atoms with E-state index in [2.05, 4.69) is 42.4 Å². The van der Waals surface area contributed by atoms with E-state index < -0.39 is 0 Å². The molecule has 0 saturated heterocycles. The van der Waals surface area contributed by atoms with Crippen LogP contribution in [-0.2, 0) is 0 Å². The van der Waals surface area contributed by atoms with E-state index in [4.69, 9.17) is 0 Å². The van der Waals surface area contributed by atoms with Gasteiger partial charge in [0.05, 0.1) is 0 Å². The molecule has 0 atom stereocenters. The van der Waals surface area contributed by atoms with E-state index in [9.17, 15) is 0 Å². The largest absolute Gasteiger partial charge is 0.179 e. The molecule has 0 saturated carbocycles. The second-order valence-corrected chi connectivity index (χ2v) is 4.79. The summed E-state index contributed by atoms with van der Waals surface area (Å²) in [5.41, 5.74) is 0. The molecule has 0 fully saturated rings. The van der Waals surface area contributed by atoms with E-state index in [1.165, 1.54) is 0 Å². The van der Waals surface area contributed by atoms with Gasteiger partial charge >= 0.3 is 0 Å². The Morgan fingerprint density at radius 2 is 2.00 bits per heavy atom. The van der Waals surface area contributed by atoms with E-state index in [0.717, 1.165) is 12.2 Å². The third-order valence-electron chi connectivity index (χ3n) is 0.706. The van der Waals surface area contributed by atoms with Crippen LogP contribution in [0.25, 0.3) is 0 Å². The van der Waals surface area contributed by atoms with Crippen LogP contribution in [0.15, 0.2) is 0 Å². The van der Waals surface area contributed by atoms with Crippen molar-refractivity contribution >= 4 is 28.6 Å². The standard InChI is InChI=1S/C5H11BrS/c1-5(2,6)3-4-7/h7H,3-4H2,1-2H3. The van der Waals surface area contributed by atoms with Crippen LogP contribution in [0.5, 0.6) is 0 Å². The summed E-state index contributed by atoms with van der Waals surface area (Å²) in [5, 5.41) is 0. The Labute approximate surface area is 59.2 Å². The van der Waals surface area contributed by atoms with Crippen LogP contribution in [0.1, 0.15) is 20.3 Å². The molecule has 0 N–H and O–H groups in total. The fourth-order valence-electron chi connectivity index (χ4n) is 0.266. The van der Waals surface area contributed by atoms with Gasteiger partial charge in [0.25, 0.3) is 0 Å². The molecule has 0 heterocycles. The average molecular weight is 183 g/mol. The molecule has 0 aromatic heterocycles. The summed E-state index contributed by atoms with van der Waals surface area (Å²) in [4.78, 5) is 0. The molecular weight excluding hydrogens is 172 g/mol. The molecule has 44 valence electrons. The van der Waals surface area contributed by atoms with Crippen molar-refractivity contribution in [1.29, 1.82) is 0 Å². The predicted octanol–water partition coefficient (Wildman–Crippen LogP) is 2.48. The molecule has 0 amide bonds. The van der Waals surface area contributed by atoms with Crippen LogP contribution in [0, 0.1) is 0 Å². The normalized spacial score (nSPS) is 12.0. The molecule has 0 nitrogen and oxygen atoms in total. The molecule has 0 radical (unpaired) electrons. The first-order chi connectivity index (χ1) is 3.06. The van der Waals surface area contributed by atoms with Crippen LogP contribution in [0.3, 0.4) is 0 Å². The predicted molar refractivity (Wildman–Crippen MR) is 41.5 cm³/mol. The van der Waals surface area contributed by atoms with Gasteiger partial charge in [-0.05, 0) is 12.2 Å². The number of hydrogen-bond donors (Lipinski definition) is 1. The minimum Gasteiger partial charge on any atom is -0.179 e. The maximum absolute atomic E-state index is 4.08. The summed E-state index contributed by atoms with van der Waals surface area (Å²) >= 11 is 7.57. The average Bonchev–Trinajstić information content (AvgIpc) is 1.30. The molecule has 7 heavy (non-hydrogen) atoms. The van der Waals surface area contributed by atoms with Crippen molar-refractivity contribution in [2.45, 2.75) is 24.6 Å². The van der Waals surface area contributed by atoms with Crippen LogP contribution in [-0.4, -0.2) is 10.1 Å². The Morgan fingerprint density at radius 1 is 1.57 bits per heavy atom. The van der Waals surface area contributed by atoms with Crippen molar-refractivity contribution in [2.24, 2.45) is 0 Å². The zero-order chi connectivity index (χ0) is 5.91. The second kappa shape index (κ2) is 2.98. The molecule has 0 aliphatic carbocycles.